The lowest BCUT2D eigenvalue weighted by Gasteiger charge is -2.12. The summed E-state index contributed by atoms with van der Waals surface area (Å²) >= 11 is 0. The van der Waals surface area contributed by atoms with Crippen molar-refractivity contribution in [3.05, 3.63) is 27.6 Å². The molecule has 92 valence electrons. The van der Waals surface area contributed by atoms with Crippen LogP contribution in [0.1, 0.15) is 16.1 Å². The highest BCUT2D eigenvalue weighted by atomic mass is 19.4. The van der Waals surface area contributed by atoms with Crippen molar-refractivity contribution in [3.63, 3.8) is 0 Å². The van der Waals surface area contributed by atoms with Gasteiger partial charge in [0.25, 0.3) is 0 Å². The molecule has 0 saturated carbocycles. The van der Waals surface area contributed by atoms with Crippen LogP contribution in [0.4, 0.5) is 18.9 Å². The highest BCUT2D eigenvalue weighted by molar-refractivity contribution is 5.85. The number of hydrogen-bond acceptors (Lipinski definition) is 5. The van der Waals surface area contributed by atoms with E-state index in [1.165, 1.54) is 0 Å². The molecule has 9 heteroatoms. The number of alkyl halides is 3. The molecule has 0 aromatic carbocycles. The van der Waals surface area contributed by atoms with Crippen LogP contribution in [0, 0.1) is 17.0 Å². The smallest absolute Gasteiger partial charge is 0.403 e. The quantitative estimate of drug-likeness (QED) is 0.465. The van der Waals surface area contributed by atoms with Crippen molar-refractivity contribution >= 4 is 12.0 Å². The molecule has 1 aromatic rings. The Labute approximate surface area is 92.2 Å². The van der Waals surface area contributed by atoms with E-state index in [0.717, 1.165) is 6.92 Å². The maximum atomic E-state index is 12.0. The van der Waals surface area contributed by atoms with Crippen molar-refractivity contribution in [3.8, 4) is 5.75 Å². The summed E-state index contributed by atoms with van der Waals surface area (Å²) in [4.78, 5) is 23.4. The van der Waals surface area contributed by atoms with E-state index < -0.39 is 28.3 Å². The van der Waals surface area contributed by atoms with E-state index in [9.17, 15) is 28.1 Å². The van der Waals surface area contributed by atoms with Crippen LogP contribution in [0.2, 0.25) is 0 Å². The predicted octanol–water partition coefficient (Wildman–Crippen LogP) is 2.01. The largest absolute Gasteiger partial charge is 0.573 e. The molecule has 0 saturated heterocycles. The van der Waals surface area contributed by atoms with Crippen molar-refractivity contribution in [1.29, 1.82) is 0 Å². The highest BCUT2D eigenvalue weighted by Crippen LogP contribution is 2.32. The molecule has 0 fully saturated rings. The van der Waals surface area contributed by atoms with Gasteiger partial charge < -0.3 is 4.74 Å². The zero-order chi connectivity index (χ0) is 13.2. The van der Waals surface area contributed by atoms with Crippen LogP contribution in [0.5, 0.6) is 5.75 Å². The van der Waals surface area contributed by atoms with Crippen molar-refractivity contribution in [2.45, 2.75) is 13.3 Å². The minimum absolute atomic E-state index is 0.0755. The van der Waals surface area contributed by atoms with Crippen LogP contribution in [0.3, 0.4) is 0 Å². The van der Waals surface area contributed by atoms with Crippen molar-refractivity contribution in [2.75, 3.05) is 0 Å². The fraction of sp³-hybridized carbons (Fsp3) is 0.250. The third kappa shape index (κ3) is 2.89. The third-order valence-electron chi connectivity index (χ3n) is 1.76. The number of ether oxygens (including phenoxy) is 1. The molecule has 0 radical (unpaired) electrons. The first kappa shape index (κ1) is 12.9. The van der Waals surface area contributed by atoms with Crippen molar-refractivity contribution in [2.24, 2.45) is 0 Å². The number of aromatic nitrogens is 1. The summed E-state index contributed by atoms with van der Waals surface area (Å²) in [5.41, 5.74) is -1.90. The zero-order valence-electron chi connectivity index (χ0n) is 8.32. The van der Waals surface area contributed by atoms with Gasteiger partial charge in [-0.1, -0.05) is 0 Å². The standard InChI is InChI=1S/C8H5F3N2O4/c1-4-7(17-8(9,10)11)5(3-14)6(2-12-4)13(15)16/h2-3H,1H3. The van der Waals surface area contributed by atoms with Crippen LogP contribution in [-0.4, -0.2) is 22.6 Å². The first-order chi connectivity index (χ1) is 7.76. The van der Waals surface area contributed by atoms with E-state index in [-0.39, 0.29) is 12.0 Å². The molecule has 0 aliphatic carbocycles. The van der Waals surface area contributed by atoms with Gasteiger partial charge in [-0.15, -0.1) is 13.2 Å². The first-order valence-electron chi connectivity index (χ1n) is 4.11. The van der Waals surface area contributed by atoms with Gasteiger partial charge in [0.15, 0.2) is 12.0 Å². The van der Waals surface area contributed by atoms with Gasteiger partial charge in [-0.05, 0) is 6.92 Å². The second-order valence-electron chi connectivity index (χ2n) is 2.89. The Bertz CT molecular complexity index is 473. The molecule has 1 rings (SSSR count). The maximum absolute atomic E-state index is 12.0. The summed E-state index contributed by atoms with van der Waals surface area (Å²) < 4.78 is 39.7. The van der Waals surface area contributed by atoms with E-state index >= 15 is 0 Å². The molecule has 1 heterocycles. The minimum atomic E-state index is -5.06. The molecule has 0 aliphatic heterocycles. The van der Waals surface area contributed by atoms with E-state index in [1.54, 1.807) is 0 Å². The molecule has 0 unspecified atom stereocenters. The molecular formula is C8H5F3N2O4. The van der Waals surface area contributed by atoms with Crippen LogP contribution in [0.25, 0.3) is 0 Å². The summed E-state index contributed by atoms with van der Waals surface area (Å²) in [6.07, 6.45) is -4.43. The number of rotatable bonds is 3. The van der Waals surface area contributed by atoms with E-state index in [1.807, 2.05) is 0 Å². The van der Waals surface area contributed by atoms with Gasteiger partial charge in [0, 0.05) is 0 Å². The molecule has 1 aromatic heterocycles. The van der Waals surface area contributed by atoms with Gasteiger partial charge >= 0.3 is 12.0 Å². The number of aryl methyl sites for hydroxylation is 1. The number of halogens is 3. The Hall–Kier alpha value is -2.19. The maximum Gasteiger partial charge on any atom is 0.573 e. The van der Waals surface area contributed by atoms with Crippen LogP contribution in [0.15, 0.2) is 6.20 Å². The van der Waals surface area contributed by atoms with Gasteiger partial charge in [-0.2, -0.15) is 0 Å². The number of nitro groups is 1. The molecule has 17 heavy (non-hydrogen) atoms. The third-order valence-corrected chi connectivity index (χ3v) is 1.76. The number of carbonyl (C=O) groups excluding carboxylic acids is 1. The van der Waals surface area contributed by atoms with Crippen molar-refractivity contribution < 1.29 is 27.6 Å². The van der Waals surface area contributed by atoms with Crippen LogP contribution in [-0.2, 0) is 0 Å². The molecule has 0 atom stereocenters. The van der Waals surface area contributed by atoms with Crippen molar-refractivity contribution in [1.82, 2.24) is 4.98 Å². The molecule has 6 nitrogen and oxygen atoms in total. The summed E-state index contributed by atoms with van der Waals surface area (Å²) in [6.45, 7) is 1.14. The van der Waals surface area contributed by atoms with E-state index in [4.69, 9.17) is 0 Å². The Kier molecular flexibility index (Phi) is 3.30. The van der Waals surface area contributed by atoms with Gasteiger partial charge in [0.1, 0.15) is 11.8 Å². The zero-order valence-corrected chi connectivity index (χ0v) is 8.32. The minimum Gasteiger partial charge on any atom is -0.403 e. The normalized spacial score (nSPS) is 11.1. The summed E-state index contributed by atoms with van der Waals surface area (Å²) in [5, 5.41) is 10.5. The number of nitrogens with zero attached hydrogens (tertiary/aromatic N) is 2. The second kappa shape index (κ2) is 4.36. The van der Waals surface area contributed by atoms with Gasteiger partial charge in [0.05, 0.1) is 10.6 Å². The number of aldehydes is 1. The van der Waals surface area contributed by atoms with Gasteiger partial charge in [-0.25, -0.2) is 0 Å². The Morgan fingerprint density at radius 2 is 2.12 bits per heavy atom. The molecule has 0 aliphatic rings. The average molecular weight is 250 g/mol. The summed E-state index contributed by atoms with van der Waals surface area (Å²) in [6, 6.07) is 0. The SMILES string of the molecule is Cc1ncc([N+](=O)[O-])c(C=O)c1OC(F)(F)F. The Balaban J connectivity index is 3.41. The average Bonchev–Trinajstić information content (AvgIpc) is 2.18. The molecule has 0 N–H and O–H groups in total. The summed E-state index contributed by atoms with van der Waals surface area (Å²) in [5.74, 6) is -0.957. The molecular weight excluding hydrogens is 245 g/mol. The van der Waals surface area contributed by atoms with E-state index in [0.29, 0.717) is 6.20 Å². The number of carbonyl (C=O) groups is 1. The van der Waals surface area contributed by atoms with Crippen LogP contribution >= 0.6 is 0 Å². The highest BCUT2D eigenvalue weighted by Gasteiger charge is 2.35. The summed E-state index contributed by atoms with van der Waals surface area (Å²) in [7, 11) is 0. The molecule has 0 amide bonds. The Morgan fingerprint density at radius 1 is 1.53 bits per heavy atom. The molecule has 0 bridgehead atoms. The fourth-order valence-corrected chi connectivity index (χ4v) is 1.10. The lowest BCUT2D eigenvalue weighted by atomic mass is 10.2. The van der Waals surface area contributed by atoms with E-state index in [2.05, 4.69) is 9.72 Å². The lowest BCUT2D eigenvalue weighted by Crippen LogP contribution is -2.19. The number of pyridine rings is 1. The Morgan fingerprint density at radius 3 is 2.53 bits per heavy atom. The van der Waals surface area contributed by atoms with Gasteiger partial charge in [0.2, 0.25) is 0 Å². The molecule has 0 spiro atoms. The monoisotopic (exact) mass is 250 g/mol. The fourth-order valence-electron chi connectivity index (χ4n) is 1.10. The second-order valence-corrected chi connectivity index (χ2v) is 2.89. The van der Waals surface area contributed by atoms with Crippen LogP contribution < -0.4 is 4.74 Å². The topological polar surface area (TPSA) is 82.3 Å². The lowest BCUT2D eigenvalue weighted by molar-refractivity contribution is -0.385. The number of hydrogen-bond donors (Lipinski definition) is 0. The predicted molar refractivity (Wildman–Crippen MR) is 47.7 cm³/mol. The van der Waals surface area contributed by atoms with Gasteiger partial charge in [-0.3, -0.25) is 19.9 Å². The first-order valence-corrected chi connectivity index (χ1v) is 4.11.